The molecule has 0 aliphatic rings. The summed E-state index contributed by atoms with van der Waals surface area (Å²) in [5.41, 5.74) is 7.93. The predicted octanol–water partition coefficient (Wildman–Crippen LogP) is 3.16. The van der Waals surface area contributed by atoms with Gasteiger partial charge in [-0.2, -0.15) is 4.31 Å². The summed E-state index contributed by atoms with van der Waals surface area (Å²) in [6.07, 6.45) is 0. The van der Waals surface area contributed by atoms with Crippen molar-refractivity contribution in [3.63, 3.8) is 0 Å². The maximum Gasteiger partial charge on any atom is 0.243 e. The second-order valence-electron chi connectivity index (χ2n) is 4.97. The molecular formula is C15H17BrN2O2S. The topological polar surface area (TPSA) is 63.4 Å². The number of hydrogen-bond acceptors (Lipinski definition) is 3. The third-order valence-electron chi connectivity index (χ3n) is 3.10. The van der Waals surface area contributed by atoms with E-state index in [0.717, 1.165) is 15.6 Å². The SMILES string of the molecule is Cc1cc(N)cc(S(=O)(=O)N(C)Cc2ccc(Br)cc2)c1. The van der Waals surface area contributed by atoms with Gasteiger partial charge in [0.05, 0.1) is 4.90 Å². The summed E-state index contributed by atoms with van der Waals surface area (Å²) in [5.74, 6) is 0. The summed E-state index contributed by atoms with van der Waals surface area (Å²) in [5, 5.41) is 0. The minimum Gasteiger partial charge on any atom is -0.399 e. The molecule has 0 aliphatic heterocycles. The van der Waals surface area contributed by atoms with Crippen molar-refractivity contribution in [1.29, 1.82) is 0 Å². The molecule has 0 aliphatic carbocycles. The Kier molecular flexibility index (Phi) is 4.70. The van der Waals surface area contributed by atoms with Crippen LogP contribution in [0.3, 0.4) is 0 Å². The molecule has 2 rings (SSSR count). The zero-order chi connectivity index (χ0) is 15.6. The number of benzene rings is 2. The lowest BCUT2D eigenvalue weighted by Crippen LogP contribution is -2.26. The summed E-state index contributed by atoms with van der Waals surface area (Å²) in [6.45, 7) is 2.13. The monoisotopic (exact) mass is 368 g/mol. The summed E-state index contributed by atoms with van der Waals surface area (Å²) in [6, 6.07) is 12.4. The van der Waals surface area contributed by atoms with E-state index >= 15 is 0 Å². The molecule has 2 aromatic carbocycles. The first-order chi connectivity index (χ1) is 9.79. The van der Waals surface area contributed by atoms with Gasteiger partial charge in [0.1, 0.15) is 0 Å². The van der Waals surface area contributed by atoms with Crippen molar-refractivity contribution < 1.29 is 8.42 Å². The number of aryl methyl sites for hydroxylation is 1. The first-order valence-corrected chi connectivity index (χ1v) is 8.60. The van der Waals surface area contributed by atoms with Crippen molar-refractivity contribution in [3.8, 4) is 0 Å². The van der Waals surface area contributed by atoms with Crippen LogP contribution in [0.15, 0.2) is 51.8 Å². The predicted molar refractivity (Wildman–Crippen MR) is 88.4 cm³/mol. The molecule has 0 heterocycles. The van der Waals surface area contributed by atoms with Gasteiger partial charge in [-0.15, -0.1) is 0 Å². The van der Waals surface area contributed by atoms with E-state index in [1.807, 2.05) is 31.2 Å². The number of nitrogen functional groups attached to an aromatic ring is 1. The van der Waals surface area contributed by atoms with E-state index in [1.54, 1.807) is 19.2 Å². The molecule has 2 N–H and O–H groups in total. The van der Waals surface area contributed by atoms with E-state index in [4.69, 9.17) is 5.73 Å². The van der Waals surface area contributed by atoms with Gasteiger partial charge in [0.2, 0.25) is 10.0 Å². The Morgan fingerprint density at radius 2 is 1.76 bits per heavy atom. The van der Waals surface area contributed by atoms with Crippen molar-refractivity contribution in [1.82, 2.24) is 4.31 Å². The van der Waals surface area contributed by atoms with Gasteiger partial charge in [0, 0.05) is 23.8 Å². The lowest BCUT2D eigenvalue weighted by Gasteiger charge is -2.18. The fourth-order valence-corrected chi connectivity index (χ4v) is 3.60. The van der Waals surface area contributed by atoms with Crippen LogP contribution in [-0.4, -0.2) is 19.8 Å². The van der Waals surface area contributed by atoms with Gasteiger partial charge in [-0.05, 0) is 48.4 Å². The van der Waals surface area contributed by atoms with E-state index in [9.17, 15) is 8.42 Å². The highest BCUT2D eigenvalue weighted by molar-refractivity contribution is 9.10. The molecule has 112 valence electrons. The van der Waals surface area contributed by atoms with Gasteiger partial charge in [-0.3, -0.25) is 0 Å². The zero-order valence-electron chi connectivity index (χ0n) is 11.9. The molecule has 6 heteroatoms. The summed E-state index contributed by atoms with van der Waals surface area (Å²) >= 11 is 3.36. The van der Waals surface area contributed by atoms with Crippen molar-refractivity contribution in [2.75, 3.05) is 12.8 Å². The standard InChI is InChI=1S/C15H17BrN2O2S/c1-11-7-14(17)9-15(8-11)21(19,20)18(2)10-12-3-5-13(16)6-4-12/h3-9H,10,17H2,1-2H3. The number of anilines is 1. The maximum absolute atomic E-state index is 12.6. The second kappa shape index (κ2) is 6.17. The number of nitrogens with two attached hydrogens (primary N) is 1. The van der Waals surface area contributed by atoms with E-state index < -0.39 is 10.0 Å². The fraction of sp³-hybridized carbons (Fsp3) is 0.200. The molecule has 4 nitrogen and oxygen atoms in total. The van der Waals surface area contributed by atoms with Crippen molar-refractivity contribution in [3.05, 3.63) is 58.1 Å². The summed E-state index contributed by atoms with van der Waals surface area (Å²) in [7, 11) is -1.99. The molecular weight excluding hydrogens is 352 g/mol. The lowest BCUT2D eigenvalue weighted by molar-refractivity contribution is 0.466. The Morgan fingerprint density at radius 1 is 1.14 bits per heavy atom. The molecule has 0 atom stereocenters. The molecule has 2 aromatic rings. The highest BCUT2D eigenvalue weighted by atomic mass is 79.9. The Bertz CT molecular complexity index is 723. The van der Waals surface area contributed by atoms with Gasteiger partial charge in [-0.25, -0.2) is 8.42 Å². The average molecular weight is 369 g/mol. The highest BCUT2D eigenvalue weighted by Gasteiger charge is 2.21. The number of nitrogens with zero attached hydrogens (tertiary/aromatic N) is 1. The molecule has 0 saturated heterocycles. The van der Waals surface area contributed by atoms with Crippen LogP contribution in [0.1, 0.15) is 11.1 Å². The van der Waals surface area contributed by atoms with Gasteiger partial charge in [0.15, 0.2) is 0 Å². The van der Waals surface area contributed by atoms with E-state index in [-0.39, 0.29) is 4.90 Å². The minimum atomic E-state index is -3.55. The van der Waals surface area contributed by atoms with Crippen molar-refractivity contribution >= 4 is 31.6 Å². The molecule has 0 aromatic heterocycles. The quantitative estimate of drug-likeness (QED) is 0.842. The van der Waals surface area contributed by atoms with Crippen LogP contribution in [0.25, 0.3) is 0 Å². The zero-order valence-corrected chi connectivity index (χ0v) is 14.3. The maximum atomic E-state index is 12.6. The van der Waals surface area contributed by atoms with Gasteiger partial charge in [0.25, 0.3) is 0 Å². The fourth-order valence-electron chi connectivity index (χ4n) is 2.04. The lowest BCUT2D eigenvalue weighted by atomic mass is 10.2. The van der Waals surface area contributed by atoms with Gasteiger partial charge in [-0.1, -0.05) is 28.1 Å². The van der Waals surface area contributed by atoms with E-state index in [1.165, 1.54) is 10.4 Å². The van der Waals surface area contributed by atoms with Gasteiger partial charge < -0.3 is 5.73 Å². The highest BCUT2D eigenvalue weighted by Crippen LogP contribution is 2.21. The Hall–Kier alpha value is -1.37. The van der Waals surface area contributed by atoms with Crippen LogP contribution in [0, 0.1) is 6.92 Å². The smallest absolute Gasteiger partial charge is 0.243 e. The van der Waals surface area contributed by atoms with Crippen LogP contribution in [0.2, 0.25) is 0 Å². The van der Waals surface area contributed by atoms with E-state index in [2.05, 4.69) is 15.9 Å². The summed E-state index contributed by atoms with van der Waals surface area (Å²) < 4.78 is 27.4. The number of rotatable bonds is 4. The van der Waals surface area contributed by atoms with Crippen LogP contribution in [-0.2, 0) is 16.6 Å². The number of sulfonamides is 1. The van der Waals surface area contributed by atoms with Crippen LogP contribution >= 0.6 is 15.9 Å². The van der Waals surface area contributed by atoms with E-state index in [0.29, 0.717) is 12.2 Å². The molecule has 0 amide bonds. The molecule has 21 heavy (non-hydrogen) atoms. The molecule has 0 bridgehead atoms. The molecule has 0 saturated carbocycles. The van der Waals surface area contributed by atoms with Crippen LogP contribution in [0.5, 0.6) is 0 Å². The third kappa shape index (κ3) is 3.84. The van der Waals surface area contributed by atoms with Crippen molar-refractivity contribution in [2.24, 2.45) is 0 Å². The summed E-state index contributed by atoms with van der Waals surface area (Å²) in [4.78, 5) is 0.222. The van der Waals surface area contributed by atoms with Crippen LogP contribution in [0.4, 0.5) is 5.69 Å². The van der Waals surface area contributed by atoms with Gasteiger partial charge >= 0.3 is 0 Å². The Morgan fingerprint density at radius 3 is 2.33 bits per heavy atom. The van der Waals surface area contributed by atoms with Crippen LogP contribution < -0.4 is 5.73 Å². The Balaban J connectivity index is 2.28. The average Bonchev–Trinajstić information content (AvgIpc) is 2.40. The van der Waals surface area contributed by atoms with Crippen molar-refractivity contribution in [2.45, 2.75) is 18.4 Å². The number of hydrogen-bond donors (Lipinski definition) is 1. The first kappa shape index (κ1) is 16.0. The largest absolute Gasteiger partial charge is 0.399 e. The molecule has 0 unspecified atom stereocenters. The molecule has 0 fully saturated rings. The molecule has 0 radical (unpaired) electrons. The first-order valence-electron chi connectivity index (χ1n) is 6.37. The third-order valence-corrected chi connectivity index (χ3v) is 5.41. The number of halogens is 1. The normalized spacial score (nSPS) is 11.8. The second-order valence-corrected chi connectivity index (χ2v) is 7.93. The Labute approximate surface area is 133 Å². The minimum absolute atomic E-state index is 0.222. The molecule has 0 spiro atoms.